The minimum absolute atomic E-state index is 0.233. The SMILES string of the molecule is CN1CC(COc2nnc(-c3cc(Cl)ccc3F)cc2Nc2ccnc(C3(C(N)=O)CC3)c2)C1. The van der Waals surface area contributed by atoms with Gasteiger partial charge < -0.3 is 20.7 Å². The van der Waals surface area contributed by atoms with E-state index in [-0.39, 0.29) is 11.5 Å². The number of anilines is 2. The highest BCUT2D eigenvalue weighted by atomic mass is 35.5. The van der Waals surface area contributed by atoms with E-state index in [1.54, 1.807) is 24.4 Å². The van der Waals surface area contributed by atoms with E-state index in [0.29, 0.717) is 59.0 Å². The van der Waals surface area contributed by atoms with E-state index in [1.807, 2.05) is 0 Å². The van der Waals surface area contributed by atoms with Crippen molar-refractivity contribution in [3.63, 3.8) is 0 Å². The molecule has 3 heterocycles. The van der Waals surface area contributed by atoms with Crippen molar-refractivity contribution in [3.05, 3.63) is 59.1 Å². The fourth-order valence-corrected chi connectivity index (χ4v) is 4.38. The van der Waals surface area contributed by atoms with Gasteiger partial charge in [0.1, 0.15) is 11.5 Å². The van der Waals surface area contributed by atoms with Gasteiger partial charge in [-0.15, -0.1) is 10.2 Å². The summed E-state index contributed by atoms with van der Waals surface area (Å²) in [6, 6.07) is 9.51. The van der Waals surface area contributed by atoms with Crippen LogP contribution in [0.25, 0.3) is 11.3 Å². The maximum absolute atomic E-state index is 14.5. The van der Waals surface area contributed by atoms with E-state index >= 15 is 0 Å². The Morgan fingerprint density at radius 2 is 2.06 bits per heavy atom. The molecule has 0 spiro atoms. The molecule has 1 saturated heterocycles. The summed E-state index contributed by atoms with van der Waals surface area (Å²) < 4.78 is 20.5. The van der Waals surface area contributed by atoms with Crippen LogP contribution in [0.4, 0.5) is 15.8 Å². The van der Waals surface area contributed by atoms with Gasteiger partial charge in [0, 0.05) is 41.5 Å². The lowest BCUT2D eigenvalue weighted by Crippen LogP contribution is -2.46. The van der Waals surface area contributed by atoms with Gasteiger partial charge >= 0.3 is 0 Å². The molecule has 10 heteroatoms. The largest absolute Gasteiger partial charge is 0.475 e. The van der Waals surface area contributed by atoms with Gasteiger partial charge in [0.25, 0.3) is 5.88 Å². The third-order valence-corrected chi connectivity index (χ3v) is 6.55. The van der Waals surface area contributed by atoms with Crippen LogP contribution in [-0.2, 0) is 10.2 Å². The lowest BCUT2D eigenvalue weighted by atomic mass is 10.0. The van der Waals surface area contributed by atoms with Gasteiger partial charge in [-0.3, -0.25) is 9.78 Å². The van der Waals surface area contributed by atoms with Crippen molar-refractivity contribution in [3.8, 4) is 17.1 Å². The molecule has 2 fully saturated rings. The summed E-state index contributed by atoms with van der Waals surface area (Å²) in [5.41, 5.74) is 7.25. The minimum Gasteiger partial charge on any atom is -0.475 e. The van der Waals surface area contributed by atoms with E-state index in [4.69, 9.17) is 22.1 Å². The molecule has 1 aliphatic heterocycles. The third kappa shape index (κ3) is 4.41. The lowest BCUT2D eigenvalue weighted by Gasteiger charge is -2.35. The number of hydrogen-bond acceptors (Lipinski definition) is 7. The molecule has 1 aromatic carbocycles. The highest BCUT2D eigenvalue weighted by molar-refractivity contribution is 6.30. The van der Waals surface area contributed by atoms with Crippen LogP contribution in [0.5, 0.6) is 5.88 Å². The summed E-state index contributed by atoms with van der Waals surface area (Å²) in [6.45, 7) is 2.39. The molecule has 3 N–H and O–H groups in total. The number of pyridine rings is 1. The number of nitrogens with one attached hydrogen (secondary N) is 1. The van der Waals surface area contributed by atoms with Gasteiger partial charge in [-0.25, -0.2) is 4.39 Å². The number of benzene rings is 1. The Morgan fingerprint density at radius 3 is 2.76 bits per heavy atom. The molecule has 5 rings (SSSR count). The smallest absolute Gasteiger partial charge is 0.257 e. The molecule has 34 heavy (non-hydrogen) atoms. The summed E-state index contributed by atoms with van der Waals surface area (Å²) in [7, 11) is 2.05. The van der Waals surface area contributed by atoms with Crippen LogP contribution in [-0.4, -0.2) is 52.7 Å². The predicted octanol–water partition coefficient (Wildman–Crippen LogP) is 3.53. The Hall–Kier alpha value is -3.30. The number of carbonyl (C=O) groups excluding carboxylic acids is 1. The number of ether oxygens (including phenoxy) is 1. The Morgan fingerprint density at radius 1 is 1.26 bits per heavy atom. The molecule has 1 amide bonds. The van der Waals surface area contributed by atoms with Crippen molar-refractivity contribution in [2.75, 3.05) is 32.1 Å². The second kappa shape index (κ2) is 8.81. The molecule has 176 valence electrons. The number of carbonyl (C=O) groups is 1. The van der Waals surface area contributed by atoms with E-state index in [0.717, 1.165) is 13.1 Å². The molecule has 0 radical (unpaired) electrons. The molecule has 0 unspecified atom stereocenters. The quantitative estimate of drug-likeness (QED) is 0.505. The molecule has 8 nitrogen and oxygen atoms in total. The molecule has 2 aliphatic rings. The minimum atomic E-state index is -0.709. The number of halogens is 2. The zero-order valence-corrected chi connectivity index (χ0v) is 19.3. The van der Waals surface area contributed by atoms with Crippen LogP contribution >= 0.6 is 11.6 Å². The van der Waals surface area contributed by atoms with E-state index < -0.39 is 11.2 Å². The van der Waals surface area contributed by atoms with Gasteiger partial charge in [-0.05, 0) is 56.3 Å². The van der Waals surface area contributed by atoms with Crippen molar-refractivity contribution >= 4 is 28.9 Å². The van der Waals surface area contributed by atoms with E-state index in [2.05, 4.69) is 32.4 Å². The topological polar surface area (TPSA) is 106 Å². The van der Waals surface area contributed by atoms with E-state index in [9.17, 15) is 9.18 Å². The summed E-state index contributed by atoms with van der Waals surface area (Å²) in [5, 5.41) is 12.1. The van der Waals surface area contributed by atoms with Crippen LogP contribution < -0.4 is 15.8 Å². The molecule has 0 atom stereocenters. The van der Waals surface area contributed by atoms with Gasteiger partial charge in [-0.1, -0.05) is 11.6 Å². The Balaban J connectivity index is 1.47. The van der Waals surface area contributed by atoms with Crippen LogP contribution in [0.2, 0.25) is 5.02 Å². The number of amides is 1. The van der Waals surface area contributed by atoms with Crippen molar-refractivity contribution in [2.24, 2.45) is 11.7 Å². The standard InChI is InChI=1S/C24H24ClFN6O2/c1-32-11-14(12-32)13-34-22-20(10-19(30-31-22)17-8-15(25)2-3-18(17)26)29-16-4-7-28-21(9-16)24(5-6-24)23(27)33/h2-4,7-10,14H,5-6,11-13H2,1H3,(H2,27,33)(H,28,29,30). The van der Waals surface area contributed by atoms with Gasteiger partial charge in [0.2, 0.25) is 5.91 Å². The molecule has 3 aromatic rings. The number of hydrogen-bond donors (Lipinski definition) is 2. The van der Waals surface area contributed by atoms with Crippen LogP contribution in [0, 0.1) is 11.7 Å². The summed E-state index contributed by atoms with van der Waals surface area (Å²) in [4.78, 5) is 18.5. The Labute approximate surface area is 201 Å². The highest BCUT2D eigenvalue weighted by Gasteiger charge is 2.51. The van der Waals surface area contributed by atoms with Crippen LogP contribution in [0.3, 0.4) is 0 Å². The van der Waals surface area contributed by atoms with E-state index in [1.165, 1.54) is 18.2 Å². The summed E-state index contributed by atoms with van der Waals surface area (Å²) >= 11 is 6.07. The third-order valence-electron chi connectivity index (χ3n) is 6.31. The van der Waals surface area contributed by atoms with Crippen molar-refractivity contribution in [1.29, 1.82) is 0 Å². The normalized spacial score (nSPS) is 17.1. The lowest BCUT2D eigenvalue weighted by molar-refractivity contribution is -0.120. The average Bonchev–Trinajstić information content (AvgIpc) is 3.61. The Bertz CT molecular complexity index is 1250. The first-order valence-corrected chi connectivity index (χ1v) is 11.4. The number of nitrogens with zero attached hydrogens (tertiary/aromatic N) is 4. The van der Waals surface area contributed by atoms with Crippen molar-refractivity contribution in [1.82, 2.24) is 20.1 Å². The monoisotopic (exact) mass is 482 g/mol. The second-order valence-corrected chi connectivity index (χ2v) is 9.41. The first-order valence-electron chi connectivity index (χ1n) is 11.0. The highest BCUT2D eigenvalue weighted by Crippen LogP contribution is 2.47. The summed E-state index contributed by atoms with van der Waals surface area (Å²) in [5.74, 6) is -0.132. The number of primary amides is 1. The maximum atomic E-state index is 14.5. The molecule has 0 bridgehead atoms. The van der Waals surface area contributed by atoms with Crippen LogP contribution in [0.15, 0.2) is 42.6 Å². The maximum Gasteiger partial charge on any atom is 0.257 e. The first kappa shape index (κ1) is 22.5. The second-order valence-electron chi connectivity index (χ2n) is 8.97. The van der Waals surface area contributed by atoms with Crippen molar-refractivity contribution in [2.45, 2.75) is 18.3 Å². The fourth-order valence-electron chi connectivity index (χ4n) is 4.21. The fraction of sp³-hybridized carbons (Fsp3) is 0.333. The zero-order valence-electron chi connectivity index (χ0n) is 18.6. The van der Waals surface area contributed by atoms with Crippen molar-refractivity contribution < 1.29 is 13.9 Å². The number of nitrogens with two attached hydrogens (primary N) is 1. The van der Waals surface area contributed by atoms with Gasteiger partial charge in [0.15, 0.2) is 0 Å². The van der Waals surface area contributed by atoms with Crippen LogP contribution in [0.1, 0.15) is 18.5 Å². The molecule has 2 aromatic heterocycles. The average molecular weight is 483 g/mol. The summed E-state index contributed by atoms with van der Waals surface area (Å²) in [6.07, 6.45) is 2.98. The predicted molar refractivity (Wildman–Crippen MR) is 127 cm³/mol. The molecule has 1 saturated carbocycles. The number of aromatic nitrogens is 3. The Kier molecular flexibility index (Phi) is 5.83. The zero-order chi connectivity index (χ0) is 23.9. The molecular weight excluding hydrogens is 459 g/mol. The van der Waals surface area contributed by atoms with Gasteiger partial charge in [0.05, 0.1) is 23.4 Å². The first-order chi connectivity index (χ1) is 16.3. The molecular formula is C24H24ClFN6O2. The number of likely N-dealkylation sites (tertiary alicyclic amines) is 1. The molecule has 1 aliphatic carbocycles. The number of rotatable bonds is 8. The van der Waals surface area contributed by atoms with Gasteiger partial charge in [-0.2, -0.15) is 0 Å².